The second kappa shape index (κ2) is 4.70. The minimum Gasteiger partial charge on any atom is -0.478 e. The lowest BCUT2D eigenvalue weighted by molar-refractivity contribution is -0.384. The summed E-state index contributed by atoms with van der Waals surface area (Å²) >= 11 is 0. The molecular formula is C10H6N2O4. The Hall–Kier alpha value is -2.68. The van der Waals surface area contributed by atoms with Gasteiger partial charge in [0.05, 0.1) is 16.6 Å². The molecule has 0 saturated carbocycles. The molecule has 0 bridgehead atoms. The first-order valence-corrected chi connectivity index (χ1v) is 4.14. The van der Waals surface area contributed by atoms with E-state index in [2.05, 4.69) is 0 Å². The Morgan fingerprint density at radius 1 is 1.56 bits per heavy atom. The summed E-state index contributed by atoms with van der Waals surface area (Å²) in [5.74, 6) is -1.28. The SMILES string of the molecule is N#CC=Cc1ccc([N+](=O)[O-])cc1C(=O)O. The molecule has 1 rings (SSSR count). The average molecular weight is 218 g/mol. The van der Waals surface area contributed by atoms with Crippen LogP contribution in [0.15, 0.2) is 24.3 Å². The summed E-state index contributed by atoms with van der Waals surface area (Å²) in [6, 6.07) is 5.14. The van der Waals surface area contributed by atoms with Gasteiger partial charge in [-0.15, -0.1) is 0 Å². The van der Waals surface area contributed by atoms with Crippen molar-refractivity contribution in [2.24, 2.45) is 0 Å². The fourth-order valence-corrected chi connectivity index (χ4v) is 1.12. The van der Waals surface area contributed by atoms with Crippen molar-refractivity contribution in [1.29, 1.82) is 5.26 Å². The quantitative estimate of drug-likeness (QED) is 0.473. The molecule has 1 aromatic carbocycles. The van der Waals surface area contributed by atoms with Crippen molar-refractivity contribution in [3.8, 4) is 6.07 Å². The summed E-state index contributed by atoms with van der Waals surface area (Å²) in [5, 5.41) is 27.6. The third kappa shape index (κ3) is 2.42. The van der Waals surface area contributed by atoms with Crippen LogP contribution in [0, 0.1) is 21.4 Å². The van der Waals surface area contributed by atoms with Crippen LogP contribution < -0.4 is 0 Å². The number of allylic oxidation sites excluding steroid dienone is 1. The van der Waals surface area contributed by atoms with E-state index in [0.717, 1.165) is 12.1 Å². The minimum atomic E-state index is -1.28. The Kier molecular flexibility index (Phi) is 3.35. The fraction of sp³-hybridized carbons (Fsp3) is 0. The van der Waals surface area contributed by atoms with Crippen molar-refractivity contribution in [3.63, 3.8) is 0 Å². The van der Waals surface area contributed by atoms with Crippen LogP contribution in [0.2, 0.25) is 0 Å². The van der Waals surface area contributed by atoms with Crippen LogP contribution in [-0.2, 0) is 0 Å². The van der Waals surface area contributed by atoms with Crippen LogP contribution >= 0.6 is 0 Å². The lowest BCUT2D eigenvalue weighted by Gasteiger charge is -2.00. The number of carbonyl (C=O) groups is 1. The molecule has 0 amide bonds. The predicted molar refractivity (Wildman–Crippen MR) is 54.7 cm³/mol. The molecule has 6 nitrogen and oxygen atoms in total. The van der Waals surface area contributed by atoms with Gasteiger partial charge < -0.3 is 5.11 Å². The van der Waals surface area contributed by atoms with E-state index < -0.39 is 10.9 Å². The van der Waals surface area contributed by atoms with Gasteiger partial charge in [-0.25, -0.2) is 4.79 Å². The minimum absolute atomic E-state index is 0.208. The van der Waals surface area contributed by atoms with E-state index in [0.29, 0.717) is 0 Å². The topological polar surface area (TPSA) is 104 Å². The second-order valence-electron chi connectivity index (χ2n) is 2.80. The summed E-state index contributed by atoms with van der Waals surface area (Å²) < 4.78 is 0. The van der Waals surface area contributed by atoms with Gasteiger partial charge in [-0.3, -0.25) is 10.1 Å². The van der Waals surface area contributed by atoms with Crippen molar-refractivity contribution >= 4 is 17.7 Å². The Morgan fingerprint density at radius 2 is 2.25 bits per heavy atom. The number of nitro benzene ring substituents is 1. The molecule has 80 valence electrons. The van der Waals surface area contributed by atoms with Crippen molar-refractivity contribution in [2.45, 2.75) is 0 Å². The molecule has 0 heterocycles. The molecule has 16 heavy (non-hydrogen) atoms. The number of non-ortho nitro benzene ring substituents is 1. The summed E-state index contributed by atoms with van der Waals surface area (Å²) in [6.07, 6.45) is 2.39. The highest BCUT2D eigenvalue weighted by molar-refractivity contribution is 5.93. The number of benzene rings is 1. The second-order valence-corrected chi connectivity index (χ2v) is 2.80. The molecular weight excluding hydrogens is 212 g/mol. The number of hydrogen-bond donors (Lipinski definition) is 1. The monoisotopic (exact) mass is 218 g/mol. The third-order valence-corrected chi connectivity index (χ3v) is 1.82. The molecule has 0 radical (unpaired) electrons. The fourth-order valence-electron chi connectivity index (χ4n) is 1.12. The Labute approximate surface area is 90.2 Å². The van der Waals surface area contributed by atoms with Gasteiger partial charge in [0.2, 0.25) is 0 Å². The van der Waals surface area contributed by atoms with Gasteiger partial charge in [-0.1, -0.05) is 0 Å². The van der Waals surface area contributed by atoms with Crippen molar-refractivity contribution in [2.75, 3.05) is 0 Å². The lowest BCUT2D eigenvalue weighted by atomic mass is 10.1. The van der Waals surface area contributed by atoms with E-state index in [-0.39, 0.29) is 16.8 Å². The number of carboxylic acid groups (broad SMARTS) is 1. The van der Waals surface area contributed by atoms with Gasteiger partial charge in [0, 0.05) is 18.2 Å². The van der Waals surface area contributed by atoms with Crippen LogP contribution in [-0.4, -0.2) is 16.0 Å². The number of nitrogens with zero attached hydrogens (tertiary/aromatic N) is 2. The van der Waals surface area contributed by atoms with E-state index in [1.807, 2.05) is 0 Å². The number of nitriles is 1. The standard InChI is InChI=1S/C10H6N2O4/c11-5-1-2-7-3-4-8(12(15)16)6-9(7)10(13)14/h1-4,6H,(H,13,14). The highest BCUT2D eigenvalue weighted by atomic mass is 16.6. The van der Waals surface area contributed by atoms with Gasteiger partial charge in [-0.2, -0.15) is 5.26 Å². The molecule has 6 heteroatoms. The van der Waals surface area contributed by atoms with Gasteiger partial charge in [0.25, 0.3) is 5.69 Å². The number of aromatic carboxylic acids is 1. The molecule has 0 spiro atoms. The highest BCUT2D eigenvalue weighted by Gasteiger charge is 2.14. The summed E-state index contributed by atoms with van der Waals surface area (Å²) in [7, 11) is 0. The van der Waals surface area contributed by atoms with Crippen LogP contribution in [0.3, 0.4) is 0 Å². The molecule has 0 aliphatic rings. The Morgan fingerprint density at radius 3 is 2.75 bits per heavy atom. The molecule has 1 N–H and O–H groups in total. The van der Waals surface area contributed by atoms with Crippen molar-refractivity contribution < 1.29 is 14.8 Å². The first-order chi connectivity index (χ1) is 7.56. The molecule has 0 fully saturated rings. The Bertz CT molecular complexity index is 514. The number of hydrogen-bond acceptors (Lipinski definition) is 4. The maximum atomic E-state index is 10.8. The maximum absolute atomic E-state index is 10.8. The Balaban J connectivity index is 3.31. The van der Waals surface area contributed by atoms with Crippen LogP contribution in [0.1, 0.15) is 15.9 Å². The van der Waals surface area contributed by atoms with Crippen LogP contribution in [0.4, 0.5) is 5.69 Å². The number of nitro groups is 1. The number of rotatable bonds is 3. The zero-order chi connectivity index (χ0) is 12.1. The van der Waals surface area contributed by atoms with Gasteiger partial charge in [0.15, 0.2) is 0 Å². The molecule has 0 aliphatic heterocycles. The maximum Gasteiger partial charge on any atom is 0.336 e. The first-order valence-electron chi connectivity index (χ1n) is 4.14. The zero-order valence-electron chi connectivity index (χ0n) is 7.95. The normalized spacial score (nSPS) is 9.94. The molecule has 0 aliphatic carbocycles. The summed E-state index contributed by atoms with van der Waals surface area (Å²) in [4.78, 5) is 20.6. The van der Waals surface area contributed by atoms with Crippen LogP contribution in [0.25, 0.3) is 6.08 Å². The molecule has 1 aromatic rings. The molecule has 0 atom stereocenters. The average Bonchev–Trinajstić information content (AvgIpc) is 2.25. The van der Waals surface area contributed by atoms with Crippen LogP contribution in [0.5, 0.6) is 0 Å². The lowest BCUT2D eigenvalue weighted by Crippen LogP contribution is -2.01. The molecule has 0 saturated heterocycles. The smallest absolute Gasteiger partial charge is 0.336 e. The number of carboxylic acids is 1. The van der Waals surface area contributed by atoms with E-state index >= 15 is 0 Å². The van der Waals surface area contributed by atoms with Crippen molar-refractivity contribution in [3.05, 3.63) is 45.5 Å². The van der Waals surface area contributed by atoms with Gasteiger partial charge >= 0.3 is 5.97 Å². The van der Waals surface area contributed by atoms with Gasteiger partial charge in [0.1, 0.15) is 0 Å². The summed E-state index contributed by atoms with van der Waals surface area (Å²) in [6.45, 7) is 0. The first kappa shape index (κ1) is 11.4. The van der Waals surface area contributed by atoms with Crippen molar-refractivity contribution in [1.82, 2.24) is 0 Å². The van der Waals surface area contributed by atoms with E-state index in [9.17, 15) is 14.9 Å². The van der Waals surface area contributed by atoms with E-state index in [4.69, 9.17) is 10.4 Å². The van der Waals surface area contributed by atoms with Gasteiger partial charge in [-0.05, 0) is 17.7 Å². The molecule has 0 unspecified atom stereocenters. The zero-order valence-corrected chi connectivity index (χ0v) is 7.95. The predicted octanol–water partition coefficient (Wildman–Crippen LogP) is 1.83. The van der Waals surface area contributed by atoms with E-state index in [1.54, 1.807) is 6.07 Å². The largest absolute Gasteiger partial charge is 0.478 e. The summed E-state index contributed by atoms with van der Waals surface area (Å²) in [5.41, 5.74) is -0.258. The van der Waals surface area contributed by atoms with E-state index in [1.165, 1.54) is 18.2 Å². The molecule has 0 aromatic heterocycles. The third-order valence-electron chi connectivity index (χ3n) is 1.82. The highest BCUT2D eigenvalue weighted by Crippen LogP contribution is 2.19.